The molecule has 0 amide bonds. The Morgan fingerprint density at radius 3 is 1.50 bits per heavy atom. The van der Waals surface area contributed by atoms with E-state index in [2.05, 4.69) is 39.8 Å². The van der Waals surface area contributed by atoms with Gasteiger partial charge in [0.05, 0.1) is 0 Å². The molecule has 1 aromatic rings. The fourth-order valence-corrected chi connectivity index (χ4v) is 8.38. The second-order valence-electron chi connectivity index (χ2n) is 10.3. The Hall–Kier alpha value is -1.11. The van der Waals surface area contributed by atoms with Crippen molar-refractivity contribution in [2.24, 2.45) is 22.7 Å². The van der Waals surface area contributed by atoms with E-state index in [-0.39, 0.29) is 34.6 Å². The van der Waals surface area contributed by atoms with E-state index in [4.69, 9.17) is 6.13 Å². The van der Waals surface area contributed by atoms with Gasteiger partial charge in [-0.3, -0.25) is 0 Å². The first-order valence-corrected chi connectivity index (χ1v) is 12.9. The molecule has 28 heavy (non-hydrogen) atoms. The van der Waals surface area contributed by atoms with Crippen LogP contribution in [-0.4, -0.2) is 11.9 Å². The van der Waals surface area contributed by atoms with Crippen molar-refractivity contribution in [2.45, 2.75) is 74.1 Å². The summed E-state index contributed by atoms with van der Waals surface area (Å²) < 4.78 is 12.9. The molecule has 4 nitrogen and oxygen atoms in total. The molecule has 0 saturated heterocycles. The minimum atomic E-state index is -2.88. The van der Waals surface area contributed by atoms with E-state index >= 15 is 0 Å². The van der Waals surface area contributed by atoms with Gasteiger partial charge in [-0.05, 0) is 0 Å². The molecule has 0 spiro atoms. The first kappa shape index (κ1) is 21.6. The summed E-state index contributed by atoms with van der Waals surface area (Å²) in [6.45, 7) is 14.7. The molecule has 156 valence electrons. The van der Waals surface area contributed by atoms with Crippen molar-refractivity contribution < 1.29 is 15.7 Å². The predicted molar refractivity (Wildman–Crippen MR) is 119 cm³/mol. The predicted octanol–water partition coefficient (Wildman–Crippen LogP) is 6.08. The maximum atomic E-state index is 12.7. The van der Waals surface area contributed by atoms with Crippen LogP contribution in [0.3, 0.4) is 0 Å². The molecule has 0 N–H and O–H groups in total. The monoisotopic (exact) mass is 500 g/mol. The standard InChI is InChI=1S/C23H33IO4/c1-14-8-15(2)19(16(3)9-14)24(27-20(25)17-10-22(4,5)11-17)28-21(26)18-12-23(6,7)13-18/h8-9,17-18H,10-13H2,1-7H3. The first-order chi connectivity index (χ1) is 12.9. The number of carbonyl (C=O) groups is 2. The van der Waals surface area contributed by atoms with Crippen LogP contribution in [0.5, 0.6) is 0 Å². The van der Waals surface area contributed by atoms with E-state index in [1.165, 1.54) is 0 Å². The number of halogens is 1. The molecular weight excluding hydrogens is 467 g/mol. The number of hydrogen-bond acceptors (Lipinski definition) is 4. The van der Waals surface area contributed by atoms with Gasteiger partial charge in [-0.1, -0.05) is 0 Å². The van der Waals surface area contributed by atoms with Crippen molar-refractivity contribution in [3.63, 3.8) is 0 Å². The quantitative estimate of drug-likeness (QED) is 0.460. The Balaban J connectivity index is 1.78. The number of carbonyl (C=O) groups excluding carboxylic acids is 2. The van der Waals surface area contributed by atoms with Crippen molar-refractivity contribution in [3.05, 3.63) is 32.4 Å². The molecule has 2 saturated carbocycles. The zero-order valence-corrected chi connectivity index (χ0v) is 20.3. The number of aryl methyl sites for hydroxylation is 3. The van der Waals surface area contributed by atoms with E-state index in [0.717, 1.165) is 45.9 Å². The maximum absolute atomic E-state index is 12.7. The van der Waals surface area contributed by atoms with E-state index in [1.54, 1.807) is 0 Å². The van der Waals surface area contributed by atoms with Crippen LogP contribution in [0.1, 0.15) is 70.1 Å². The average molecular weight is 500 g/mol. The zero-order valence-electron chi connectivity index (χ0n) is 18.1. The minimum absolute atomic E-state index is 0.0674. The molecule has 0 radical (unpaired) electrons. The number of rotatable bonds is 5. The first-order valence-electron chi connectivity index (χ1n) is 10.1. The fourth-order valence-electron chi connectivity index (χ4n) is 4.64. The summed E-state index contributed by atoms with van der Waals surface area (Å²) >= 11 is -2.88. The van der Waals surface area contributed by atoms with Crippen LogP contribution in [0.4, 0.5) is 0 Å². The van der Waals surface area contributed by atoms with Crippen LogP contribution >= 0.6 is 20.6 Å². The van der Waals surface area contributed by atoms with Crippen molar-refractivity contribution in [2.75, 3.05) is 0 Å². The normalized spacial score (nSPS) is 21.3. The van der Waals surface area contributed by atoms with Crippen molar-refractivity contribution in [3.8, 4) is 0 Å². The Morgan fingerprint density at radius 1 is 0.821 bits per heavy atom. The summed E-state index contributed by atoms with van der Waals surface area (Å²) in [5.41, 5.74) is 3.66. The average Bonchev–Trinajstić information content (AvgIpc) is 2.48. The van der Waals surface area contributed by atoms with Crippen molar-refractivity contribution in [1.29, 1.82) is 0 Å². The summed E-state index contributed by atoms with van der Waals surface area (Å²) in [5.74, 6) is -0.513. The van der Waals surface area contributed by atoms with Gasteiger partial charge in [0, 0.05) is 0 Å². The van der Waals surface area contributed by atoms with Gasteiger partial charge in [0.1, 0.15) is 0 Å². The van der Waals surface area contributed by atoms with Crippen molar-refractivity contribution >= 4 is 32.6 Å². The van der Waals surface area contributed by atoms with Crippen LogP contribution in [0.2, 0.25) is 0 Å². The van der Waals surface area contributed by atoms with E-state index in [0.29, 0.717) is 0 Å². The summed E-state index contributed by atoms with van der Waals surface area (Å²) in [6.07, 6.45) is 3.36. The molecule has 2 aliphatic rings. The summed E-state index contributed by atoms with van der Waals surface area (Å²) in [4.78, 5) is 25.5. The number of hydrogen-bond donors (Lipinski definition) is 0. The van der Waals surface area contributed by atoms with Gasteiger partial charge in [-0.15, -0.1) is 0 Å². The molecule has 3 rings (SSSR count). The molecule has 1 aromatic carbocycles. The number of benzene rings is 1. The van der Waals surface area contributed by atoms with Crippen LogP contribution in [0, 0.1) is 47.0 Å². The second kappa shape index (κ2) is 7.62. The van der Waals surface area contributed by atoms with Gasteiger partial charge >= 0.3 is 178 Å². The molecule has 0 aliphatic heterocycles. The van der Waals surface area contributed by atoms with Crippen LogP contribution in [0.25, 0.3) is 0 Å². The van der Waals surface area contributed by atoms with Crippen LogP contribution in [-0.2, 0) is 15.7 Å². The third-order valence-corrected chi connectivity index (χ3v) is 10.1. The van der Waals surface area contributed by atoms with Crippen LogP contribution < -0.4 is 0 Å². The van der Waals surface area contributed by atoms with E-state index in [9.17, 15) is 9.59 Å². The fraction of sp³-hybridized carbons (Fsp3) is 0.652. The van der Waals surface area contributed by atoms with Crippen molar-refractivity contribution in [1.82, 2.24) is 0 Å². The second-order valence-corrected chi connectivity index (χ2v) is 13.5. The van der Waals surface area contributed by atoms with Gasteiger partial charge in [0.15, 0.2) is 0 Å². The van der Waals surface area contributed by atoms with E-state index < -0.39 is 20.6 Å². The molecule has 0 bridgehead atoms. The van der Waals surface area contributed by atoms with Gasteiger partial charge < -0.3 is 0 Å². The Bertz CT molecular complexity index is 719. The Labute approximate surface area is 177 Å². The zero-order chi connectivity index (χ0) is 20.9. The SMILES string of the molecule is Cc1cc(C)c(I(OC(=O)C2CC(C)(C)C2)OC(=O)C2CC(C)(C)C2)c(C)c1. The molecule has 2 fully saturated rings. The summed E-state index contributed by atoms with van der Waals surface area (Å²) in [5, 5.41) is 0. The third kappa shape index (κ3) is 4.71. The Morgan fingerprint density at radius 2 is 1.18 bits per heavy atom. The molecular formula is C23H33IO4. The topological polar surface area (TPSA) is 52.6 Å². The summed E-state index contributed by atoms with van der Waals surface area (Å²) in [7, 11) is 0. The molecule has 5 heteroatoms. The molecule has 0 atom stereocenters. The molecule has 0 aromatic heterocycles. The van der Waals surface area contributed by atoms with Crippen LogP contribution in [0.15, 0.2) is 12.1 Å². The van der Waals surface area contributed by atoms with Gasteiger partial charge in [-0.2, -0.15) is 0 Å². The Kier molecular flexibility index (Phi) is 5.87. The molecule has 0 heterocycles. The molecule has 2 aliphatic carbocycles. The van der Waals surface area contributed by atoms with E-state index in [1.807, 2.05) is 20.8 Å². The summed E-state index contributed by atoms with van der Waals surface area (Å²) in [6, 6.07) is 4.15. The van der Waals surface area contributed by atoms with Gasteiger partial charge in [0.25, 0.3) is 0 Å². The molecule has 0 unspecified atom stereocenters. The van der Waals surface area contributed by atoms with Gasteiger partial charge in [0.2, 0.25) is 0 Å². The van der Waals surface area contributed by atoms with Gasteiger partial charge in [-0.25, -0.2) is 0 Å². The third-order valence-electron chi connectivity index (χ3n) is 5.89.